The number of aromatic amines is 1. The number of H-pyrrole nitrogens is 1. The van der Waals surface area contributed by atoms with Crippen LogP contribution in [0.15, 0.2) is 12.4 Å². The number of hydrogen-bond donors (Lipinski definition) is 2. The lowest BCUT2D eigenvalue weighted by molar-refractivity contribution is 0.0727. The second-order valence-electron chi connectivity index (χ2n) is 4.09. The highest BCUT2D eigenvalue weighted by Gasteiger charge is 2.30. The normalized spacial score (nSPS) is 21.5. The van der Waals surface area contributed by atoms with Crippen LogP contribution in [0.3, 0.4) is 0 Å². The minimum atomic E-state index is -3.58. The summed E-state index contributed by atoms with van der Waals surface area (Å²) in [6, 6.07) is 0. The van der Waals surface area contributed by atoms with Crippen molar-refractivity contribution in [2.24, 2.45) is 5.14 Å². The van der Waals surface area contributed by atoms with E-state index in [4.69, 9.17) is 5.14 Å². The fraction of sp³-hybridized carbons (Fsp3) is 0.556. The van der Waals surface area contributed by atoms with Crippen LogP contribution in [0.4, 0.5) is 0 Å². The molecule has 1 aliphatic heterocycles. The first-order valence-corrected chi connectivity index (χ1v) is 6.89. The van der Waals surface area contributed by atoms with Crippen LogP contribution >= 0.6 is 0 Å². The molecule has 0 aliphatic carbocycles. The molecule has 1 aromatic rings. The highest BCUT2D eigenvalue weighted by molar-refractivity contribution is 7.89. The molecule has 17 heavy (non-hydrogen) atoms. The van der Waals surface area contributed by atoms with E-state index in [1.54, 1.807) is 0 Å². The Hall–Kier alpha value is -1.41. The fourth-order valence-corrected chi connectivity index (χ4v) is 2.82. The standard InChI is InChI=1S/C9H14N4O3S/c10-17(15,16)8-2-1-3-13(6-8)9(14)7-4-11-12-5-7/h4-5,8H,1-3,6H2,(H,11,12)(H2,10,15,16). The van der Waals surface area contributed by atoms with Gasteiger partial charge in [-0.2, -0.15) is 5.10 Å². The average molecular weight is 258 g/mol. The van der Waals surface area contributed by atoms with Crippen molar-refractivity contribution in [2.75, 3.05) is 13.1 Å². The van der Waals surface area contributed by atoms with Crippen LogP contribution < -0.4 is 5.14 Å². The number of rotatable bonds is 2. The second kappa shape index (κ2) is 4.46. The summed E-state index contributed by atoms with van der Waals surface area (Å²) in [5, 5.41) is 10.7. The maximum absolute atomic E-state index is 12.0. The molecular formula is C9H14N4O3S. The second-order valence-corrected chi connectivity index (χ2v) is 5.94. The summed E-state index contributed by atoms with van der Waals surface area (Å²) in [5.41, 5.74) is 0.431. The van der Waals surface area contributed by atoms with Gasteiger partial charge in [-0.25, -0.2) is 13.6 Å². The first kappa shape index (κ1) is 12.1. The first-order chi connectivity index (χ1) is 7.98. The van der Waals surface area contributed by atoms with E-state index in [-0.39, 0.29) is 12.5 Å². The van der Waals surface area contributed by atoms with Gasteiger partial charge in [-0.1, -0.05) is 0 Å². The number of nitrogens with zero attached hydrogens (tertiary/aromatic N) is 2. The third-order valence-electron chi connectivity index (χ3n) is 2.88. The predicted molar refractivity (Wildman–Crippen MR) is 60.6 cm³/mol. The molecule has 3 N–H and O–H groups in total. The Morgan fingerprint density at radius 3 is 2.94 bits per heavy atom. The zero-order valence-electron chi connectivity index (χ0n) is 9.17. The molecule has 1 atom stereocenters. The van der Waals surface area contributed by atoms with Crippen LogP contribution in [0.5, 0.6) is 0 Å². The number of likely N-dealkylation sites (tertiary alicyclic amines) is 1. The van der Waals surface area contributed by atoms with E-state index in [0.717, 1.165) is 0 Å². The molecule has 94 valence electrons. The van der Waals surface area contributed by atoms with Gasteiger partial charge in [0, 0.05) is 19.3 Å². The van der Waals surface area contributed by atoms with E-state index >= 15 is 0 Å². The lowest BCUT2D eigenvalue weighted by Crippen LogP contribution is -2.47. The molecule has 1 fully saturated rings. The zero-order chi connectivity index (χ0) is 12.5. The Balaban J connectivity index is 2.10. The number of carbonyl (C=O) groups is 1. The maximum Gasteiger partial charge on any atom is 0.257 e. The molecule has 1 amide bonds. The van der Waals surface area contributed by atoms with Crippen molar-refractivity contribution in [1.82, 2.24) is 15.1 Å². The number of carbonyl (C=O) groups excluding carboxylic acids is 1. The predicted octanol–water partition coefficient (Wildman–Crippen LogP) is -0.697. The molecule has 1 unspecified atom stereocenters. The number of nitrogens with one attached hydrogen (secondary N) is 1. The molecule has 0 saturated carbocycles. The highest BCUT2D eigenvalue weighted by atomic mass is 32.2. The monoisotopic (exact) mass is 258 g/mol. The number of hydrogen-bond acceptors (Lipinski definition) is 4. The lowest BCUT2D eigenvalue weighted by Gasteiger charge is -2.31. The van der Waals surface area contributed by atoms with Crippen molar-refractivity contribution < 1.29 is 13.2 Å². The minimum Gasteiger partial charge on any atom is -0.337 e. The first-order valence-electron chi connectivity index (χ1n) is 5.28. The van der Waals surface area contributed by atoms with Gasteiger partial charge in [0.15, 0.2) is 0 Å². The van der Waals surface area contributed by atoms with E-state index in [2.05, 4.69) is 10.2 Å². The zero-order valence-corrected chi connectivity index (χ0v) is 9.98. The number of aromatic nitrogens is 2. The summed E-state index contributed by atoms with van der Waals surface area (Å²) in [5.74, 6) is -0.216. The van der Waals surface area contributed by atoms with E-state index in [0.29, 0.717) is 24.9 Å². The largest absolute Gasteiger partial charge is 0.337 e. The third-order valence-corrected chi connectivity index (χ3v) is 4.19. The van der Waals surface area contributed by atoms with Crippen molar-refractivity contribution in [3.8, 4) is 0 Å². The molecule has 1 aliphatic rings. The van der Waals surface area contributed by atoms with Gasteiger partial charge in [0.25, 0.3) is 5.91 Å². The molecule has 1 aromatic heterocycles. The lowest BCUT2D eigenvalue weighted by atomic mass is 10.1. The van der Waals surface area contributed by atoms with Crippen molar-refractivity contribution in [1.29, 1.82) is 0 Å². The number of nitrogens with two attached hydrogens (primary N) is 1. The van der Waals surface area contributed by atoms with Crippen LogP contribution in [0.25, 0.3) is 0 Å². The quantitative estimate of drug-likeness (QED) is 0.731. The van der Waals surface area contributed by atoms with E-state index in [1.807, 2.05) is 0 Å². The molecule has 7 nitrogen and oxygen atoms in total. The van der Waals surface area contributed by atoms with Gasteiger partial charge >= 0.3 is 0 Å². The van der Waals surface area contributed by atoms with Gasteiger partial charge in [-0.3, -0.25) is 9.89 Å². The average Bonchev–Trinajstić information content (AvgIpc) is 2.80. The molecular weight excluding hydrogens is 244 g/mol. The molecule has 8 heteroatoms. The number of sulfonamides is 1. The van der Waals surface area contributed by atoms with Crippen LogP contribution in [0.1, 0.15) is 23.2 Å². The summed E-state index contributed by atoms with van der Waals surface area (Å²) in [6.07, 6.45) is 4.06. The van der Waals surface area contributed by atoms with Crippen LogP contribution in [0, 0.1) is 0 Å². The Labute approximate surface area is 99.0 Å². The van der Waals surface area contributed by atoms with Gasteiger partial charge in [0.05, 0.1) is 17.0 Å². The van der Waals surface area contributed by atoms with Crippen LogP contribution in [-0.4, -0.2) is 47.8 Å². The van der Waals surface area contributed by atoms with Crippen molar-refractivity contribution >= 4 is 15.9 Å². The summed E-state index contributed by atoms with van der Waals surface area (Å²) in [4.78, 5) is 13.5. The minimum absolute atomic E-state index is 0.156. The molecule has 0 radical (unpaired) electrons. The van der Waals surface area contributed by atoms with Gasteiger partial charge in [0.1, 0.15) is 0 Å². The summed E-state index contributed by atoms with van der Waals surface area (Å²) in [6.45, 7) is 0.707. The molecule has 1 saturated heterocycles. The Morgan fingerprint density at radius 1 is 1.59 bits per heavy atom. The third kappa shape index (κ3) is 2.64. The molecule has 0 aromatic carbocycles. The van der Waals surface area contributed by atoms with Crippen LogP contribution in [0.2, 0.25) is 0 Å². The summed E-state index contributed by atoms with van der Waals surface area (Å²) >= 11 is 0. The Kier molecular flexibility index (Phi) is 3.16. The van der Waals surface area contributed by atoms with Crippen molar-refractivity contribution in [3.05, 3.63) is 18.0 Å². The van der Waals surface area contributed by atoms with E-state index < -0.39 is 15.3 Å². The number of amides is 1. The smallest absolute Gasteiger partial charge is 0.257 e. The summed E-state index contributed by atoms with van der Waals surface area (Å²) in [7, 11) is -3.58. The SMILES string of the molecule is NS(=O)(=O)C1CCCN(C(=O)c2cn[nH]c2)C1. The Morgan fingerprint density at radius 2 is 2.35 bits per heavy atom. The van der Waals surface area contributed by atoms with Crippen LogP contribution in [-0.2, 0) is 10.0 Å². The topological polar surface area (TPSA) is 109 Å². The molecule has 0 spiro atoms. The van der Waals surface area contributed by atoms with E-state index in [1.165, 1.54) is 17.3 Å². The van der Waals surface area contributed by atoms with Gasteiger partial charge in [0.2, 0.25) is 10.0 Å². The summed E-state index contributed by atoms with van der Waals surface area (Å²) < 4.78 is 22.5. The van der Waals surface area contributed by atoms with Crippen molar-refractivity contribution in [2.45, 2.75) is 18.1 Å². The van der Waals surface area contributed by atoms with E-state index in [9.17, 15) is 13.2 Å². The van der Waals surface area contributed by atoms with Gasteiger partial charge < -0.3 is 4.90 Å². The Bertz CT molecular complexity index is 496. The fourth-order valence-electron chi connectivity index (χ4n) is 1.94. The van der Waals surface area contributed by atoms with Crippen molar-refractivity contribution in [3.63, 3.8) is 0 Å². The van der Waals surface area contributed by atoms with Gasteiger partial charge in [-0.15, -0.1) is 0 Å². The highest BCUT2D eigenvalue weighted by Crippen LogP contribution is 2.17. The van der Waals surface area contributed by atoms with Gasteiger partial charge in [-0.05, 0) is 12.8 Å². The number of primary sulfonamides is 1. The maximum atomic E-state index is 12.0. The molecule has 2 heterocycles. The number of piperidine rings is 1. The molecule has 2 rings (SSSR count). The molecule has 0 bridgehead atoms.